The number of pyridine rings is 1. The third-order valence-electron chi connectivity index (χ3n) is 2.23. The summed E-state index contributed by atoms with van der Waals surface area (Å²) in [5, 5.41) is 10.7. The van der Waals surface area contributed by atoms with E-state index in [0.29, 0.717) is 5.56 Å². The molecular formula is C12H8NO3-. The Balaban J connectivity index is 2.57. The van der Waals surface area contributed by atoms with E-state index in [4.69, 9.17) is 0 Å². The second kappa shape index (κ2) is 4.02. The first-order valence-electron chi connectivity index (χ1n) is 4.68. The Labute approximate surface area is 91.2 Å². The number of nitrogens with one attached hydrogen (secondary N) is 1. The molecule has 0 aliphatic heterocycles. The Morgan fingerprint density at radius 3 is 2.44 bits per heavy atom. The quantitative estimate of drug-likeness (QED) is 0.786. The molecule has 2 rings (SSSR count). The predicted molar refractivity (Wildman–Crippen MR) is 56.8 cm³/mol. The van der Waals surface area contributed by atoms with Gasteiger partial charge in [0.15, 0.2) is 0 Å². The predicted octanol–water partition coefficient (Wildman–Crippen LogP) is 0.405. The molecule has 80 valence electrons. The molecule has 4 heteroatoms. The normalized spacial score (nSPS) is 10.0. The summed E-state index contributed by atoms with van der Waals surface area (Å²) < 4.78 is 0. The molecule has 1 aromatic heterocycles. The maximum atomic E-state index is 11.2. The Hall–Kier alpha value is -2.36. The van der Waals surface area contributed by atoms with Gasteiger partial charge >= 0.3 is 0 Å². The summed E-state index contributed by atoms with van der Waals surface area (Å²) in [6, 6.07) is 10.5. The van der Waals surface area contributed by atoms with Gasteiger partial charge in [-0.1, -0.05) is 30.3 Å². The molecule has 1 N–H and O–H groups in total. The van der Waals surface area contributed by atoms with E-state index in [9.17, 15) is 14.7 Å². The summed E-state index contributed by atoms with van der Waals surface area (Å²) in [6.45, 7) is 0. The number of aromatic nitrogens is 1. The highest BCUT2D eigenvalue weighted by molar-refractivity contribution is 5.87. The molecule has 0 atom stereocenters. The van der Waals surface area contributed by atoms with Gasteiger partial charge in [0.25, 0.3) is 5.56 Å². The van der Waals surface area contributed by atoms with Crippen molar-refractivity contribution in [3.05, 3.63) is 58.5 Å². The van der Waals surface area contributed by atoms with E-state index in [-0.39, 0.29) is 5.56 Å². The molecule has 16 heavy (non-hydrogen) atoms. The van der Waals surface area contributed by atoms with Crippen LogP contribution in [0, 0.1) is 0 Å². The smallest absolute Gasteiger partial charge is 0.257 e. The molecule has 0 radical (unpaired) electrons. The Morgan fingerprint density at radius 1 is 1.12 bits per heavy atom. The number of carboxylic acid groups (broad SMARTS) is 1. The van der Waals surface area contributed by atoms with Gasteiger partial charge in [-0.15, -0.1) is 0 Å². The van der Waals surface area contributed by atoms with Gasteiger partial charge in [-0.05, 0) is 17.2 Å². The van der Waals surface area contributed by atoms with Gasteiger partial charge in [0.1, 0.15) is 0 Å². The Morgan fingerprint density at radius 2 is 1.81 bits per heavy atom. The number of aromatic carboxylic acids is 1. The average molecular weight is 214 g/mol. The number of carbonyl (C=O) groups excluding carboxylic acids is 1. The Bertz CT molecular complexity index is 572. The van der Waals surface area contributed by atoms with Crippen LogP contribution in [0.3, 0.4) is 0 Å². The molecule has 1 heterocycles. The largest absolute Gasteiger partial charge is 0.545 e. The minimum Gasteiger partial charge on any atom is -0.545 e. The highest BCUT2D eigenvalue weighted by atomic mass is 16.4. The number of hydrogen-bond acceptors (Lipinski definition) is 3. The van der Waals surface area contributed by atoms with E-state index in [1.807, 2.05) is 30.3 Å². The fourth-order valence-electron chi connectivity index (χ4n) is 1.43. The van der Waals surface area contributed by atoms with Crippen LogP contribution in [0.4, 0.5) is 0 Å². The van der Waals surface area contributed by atoms with Crippen molar-refractivity contribution in [2.75, 3.05) is 0 Å². The van der Waals surface area contributed by atoms with E-state index < -0.39 is 11.5 Å². The Kier molecular flexibility index (Phi) is 2.55. The van der Waals surface area contributed by atoms with Crippen molar-refractivity contribution in [2.45, 2.75) is 0 Å². The van der Waals surface area contributed by atoms with E-state index >= 15 is 0 Å². The third-order valence-corrected chi connectivity index (χ3v) is 2.23. The van der Waals surface area contributed by atoms with Gasteiger partial charge in [-0.25, -0.2) is 0 Å². The van der Waals surface area contributed by atoms with Crippen molar-refractivity contribution >= 4 is 5.97 Å². The second-order valence-electron chi connectivity index (χ2n) is 3.28. The summed E-state index contributed by atoms with van der Waals surface area (Å²) in [5.41, 5.74) is 0.460. The first kappa shape index (κ1) is 10.2. The highest BCUT2D eigenvalue weighted by Gasteiger charge is 2.03. The number of hydrogen-bond donors (Lipinski definition) is 1. The maximum Gasteiger partial charge on any atom is 0.257 e. The third kappa shape index (κ3) is 1.86. The zero-order valence-corrected chi connectivity index (χ0v) is 8.27. The minimum absolute atomic E-state index is 0.360. The van der Waals surface area contributed by atoms with Crippen LogP contribution in [-0.2, 0) is 0 Å². The van der Waals surface area contributed by atoms with Crippen molar-refractivity contribution in [1.29, 1.82) is 0 Å². The van der Waals surface area contributed by atoms with Gasteiger partial charge < -0.3 is 14.9 Å². The van der Waals surface area contributed by atoms with Crippen molar-refractivity contribution in [1.82, 2.24) is 4.98 Å². The molecule has 0 bridgehead atoms. The SMILES string of the molecule is O=C([O-])c1cc(-c2ccccc2)c[nH]c1=O. The molecule has 4 nitrogen and oxygen atoms in total. The fraction of sp³-hybridized carbons (Fsp3) is 0. The van der Waals surface area contributed by atoms with Gasteiger partial charge in [0.2, 0.25) is 0 Å². The second-order valence-corrected chi connectivity index (χ2v) is 3.28. The number of benzene rings is 1. The van der Waals surface area contributed by atoms with Crippen LogP contribution in [0.2, 0.25) is 0 Å². The van der Waals surface area contributed by atoms with E-state index in [0.717, 1.165) is 5.56 Å². The van der Waals surface area contributed by atoms with Crippen LogP contribution in [0.5, 0.6) is 0 Å². The highest BCUT2D eigenvalue weighted by Crippen LogP contribution is 2.17. The van der Waals surface area contributed by atoms with Gasteiger partial charge in [-0.2, -0.15) is 0 Å². The molecule has 0 aliphatic rings. The number of rotatable bonds is 2. The minimum atomic E-state index is -1.47. The van der Waals surface area contributed by atoms with Crippen molar-refractivity contribution < 1.29 is 9.90 Å². The zero-order chi connectivity index (χ0) is 11.5. The lowest BCUT2D eigenvalue weighted by atomic mass is 10.1. The molecular weight excluding hydrogens is 206 g/mol. The molecule has 0 amide bonds. The zero-order valence-electron chi connectivity index (χ0n) is 8.27. The molecule has 0 spiro atoms. The maximum absolute atomic E-state index is 11.2. The number of H-pyrrole nitrogens is 1. The van der Waals surface area contributed by atoms with Crippen molar-refractivity contribution in [3.8, 4) is 11.1 Å². The lowest BCUT2D eigenvalue weighted by molar-refractivity contribution is -0.255. The summed E-state index contributed by atoms with van der Waals surface area (Å²) in [7, 11) is 0. The van der Waals surface area contributed by atoms with E-state index in [1.54, 1.807) is 0 Å². The van der Waals surface area contributed by atoms with Crippen LogP contribution in [0.15, 0.2) is 47.4 Å². The first-order chi connectivity index (χ1) is 7.68. The standard InChI is InChI=1S/C12H9NO3/c14-11-10(12(15)16)6-9(7-13-11)8-4-2-1-3-5-8/h1-7H,(H,13,14)(H,15,16)/p-1. The fourth-order valence-corrected chi connectivity index (χ4v) is 1.43. The summed E-state index contributed by atoms with van der Waals surface area (Å²) in [5.74, 6) is -1.47. The van der Waals surface area contributed by atoms with Crippen LogP contribution < -0.4 is 10.7 Å². The number of carboxylic acids is 1. The molecule has 0 saturated carbocycles. The van der Waals surface area contributed by atoms with Crippen LogP contribution in [-0.4, -0.2) is 11.0 Å². The van der Waals surface area contributed by atoms with Crippen LogP contribution in [0.1, 0.15) is 10.4 Å². The van der Waals surface area contributed by atoms with Gasteiger partial charge in [0, 0.05) is 6.20 Å². The summed E-state index contributed by atoms with van der Waals surface area (Å²) >= 11 is 0. The van der Waals surface area contributed by atoms with Crippen molar-refractivity contribution in [3.63, 3.8) is 0 Å². The average Bonchev–Trinajstić information content (AvgIpc) is 2.30. The number of aromatic amines is 1. The lowest BCUT2D eigenvalue weighted by Crippen LogP contribution is -2.29. The monoisotopic (exact) mass is 214 g/mol. The lowest BCUT2D eigenvalue weighted by Gasteiger charge is -2.05. The summed E-state index contributed by atoms with van der Waals surface area (Å²) in [4.78, 5) is 24.2. The van der Waals surface area contributed by atoms with Gasteiger partial charge in [0.05, 0.1) is 11.5 Å². The van der Waals surface area contributed by atoms with Crippen LogP contribution in [0.25, 0.3) is 11.1 Å². The topological polar surface area (TPSA) is 73.0 Å². The molecule has 2 aromatic rings. The molecule has 0 aliphatic carbocycles. The molecule has 0 unspecified atom stereocenters. The van der Waals surface area contributed by atoms with E-state index in [1.165, 1.54) is 12.3 Å². The molecule has 0 fully saturated rings. The number of carbonyl (C=O) groups is 1. The molecule has 1 aromatic carbocycles. The summed E-state index contributed by atoms with van der Waals surface area (Å²) in [6.07, 6.45) is 1.48. The molecule has 0 saturated heterocycles. The van der Waals surface area contributed by atoms with Gasteiger partial charge in [-0.3, -0.25) is 4.79 Å². The van der Waals surface area contributed by atoms with E-state index in [2.05, 4.69) is 4.98 Å². The van der Waals surface area contributed by atoms with Crippen molar-refractivity contribution in [2.24, 2.45) is 0 Å². The first-order valence-corrected chi connectivity index (χ1v) is 4.68. The van der Waals surface area contributed by atoms with Crippen LogP contribution >= 0.6 is 0 Å².